The molecule has 0 unspecified atom stereocenters. The van der Waals surface area contributed by atoms with Gasteiger partial charge in [-0.05, 0) is 36.6 Å². The van der Waals surface area contributed by atoms with Crippen LogP contribution in [0, 0.1) is 12.7 Å². The summed E-state index contributed by atoms with van der Waals surface area (Å²) < 4.78 is 13.5. The van der Waals surface area contributed by atoms with Gasteiger partial charge in [-0.15, -0.1) is 0 Å². The van der Waals surface area contributed by atoms with Crippen molar-refractivity contribution in [2.75, 3.05) is 17.7 Å². The van der Waals surface area contributed by atoms with Crippen LogP contribution < -0.4 is 10.6 Å². The lowest BCUT2D eigenvalue weighted by Crippen LogP contribution is -2.07. The molecule has 2 N–H and O–H groups in total. The summed E-state index contributed by atoms with van der Waals surface area (Å²) in [6.07, 6.45) is 1.49. The van der Waals surface area contributed by atoms with Crippen LogP contribution in [0.1, 0.15) is 30.9 Å². The van der Waals surface area contributed by atoms with Crippen molar-refractivity contribution in [2.45, 2.75) is 26.7 Å². The first-order valence-electron chi connectivity index (χ1n) is 6.58. The quantitative estimate of drug-likeness (QED) is 0.889. The molecule has 1 aromatic carbocycles. The van der Waals surface area contributed by atoms with E-state index in [2.05, 4.69) is 34.4 Å². The van der Waals surface area contributed by atoms with Crippen LogP contribution in [0.4, 0.5) is 21.7 Å². The van der Waals surface area contributed by atoms with Crippen LogP contribution in [0.25, 0.3) is 0 Å². The average Bonchev–Trinajstić information content (AvgIpc) is 2.36. The molecule has 106 valence electrons. The Morgan fingerprint density at radius 1 is 1.10 bits per heavy atom. The molecular formula is C15H19FN4. The molecule has 1 aromatic heterocycles. The summed E-state index contributed by atoms with van der Waals surface area (Å²) in [6.45, 7) is 6.00. The Balaban J connectivity index is 2.42. The van der Waals surface area contributed by atoms with Crippen molar-refractivity contribution >= 4 is 17.3 Å². The van der Waals surface area contributed by atoms with Crippen molar-refractivity contribution in [3.8, 4) is 0 Å². The minimum absolute atomic E-state index is 0.246. The van der Waals surface area contributed by atoms with Crippen molar-refractivity contribution in [3.05, 3.63) is 41.5 Å². The molecule has 0 spiro atoms. The van der Waals surface area contributed by atoms with Gasteiger partial charge in [0.25, 0.3) is 0 Å². The van der Waals surface area contributed by atoms with E-state index < -0.39 is 0 Å². The molecule has 2 aromatic rings. The van der Waals surface area contributed by atoms with Gasteiger partial charge in [-0.3, -0.25) is 0 Å². The SMILES string of the molecule is CNc1ncnc(Nc2cc(C)cc(F)c2)c1C(C)C. The van der Waals surface area contributed by atoms with E-state index in [9.17, 15) is 4.39 Å². The third kappa shape index (κ3) is 3.04. The van der Waals surface area contributed by atoms with Gasteiger partial charge in [0, 0.05) is 18.3 Å². The second kappa shape index (κ2) is 5.86. The van der Waals surface area contributed by atoms with Crippen LogP contribution in [-0.2, 0) is 0 Å². The zero-order chi connectivity index (χ0) is 14.7. The Labute approximate surface area is 118 Å². The van der Waals surface area contributed by atoms with E-state index in [0.29, 0.717) is 11.5 Å². The van der Waals surface area contributed by atoms with Crippen molar-refractivity contribution in [1.82, 2.24) is 9.97 Å². The molecule has 5 heteroatoms. The maximum atomic E-state index is 13.5. The highest BCUT2D eigenvalue weighted by atomic mass is 19.1. The lowest BCUT2D eigenvalue weighted by molar-refractivity contribution is 0.627. The predicted octanol–water partition coefficient (Wildman–Crippen LogP) is 3.83. The summed E-state index contributed by atoms with van der Waals surface area (Å²) in [6, 6.07) is 4.83. The molecule has 0 aliphatic carbocycles. The highest BCUT2D eigenvalue weighted by molar-refractivity contribution is 5.66. The van der Waals surface area contributed by atoms with E-state index >= 15 is 0 Å². The zero-order valence-corrected chi connectivity index (χ0v) is 12.2. The molecule has 0 saturated heterocycles. The molecule has 0 saturated carbocycles. The summed E-state index contributed by atoms with van der Waals surface area (Å²) >= 11 is 0. The number of nitrogens with zero attached hydrogens (tertiary/aromatic N) is 2. The lowest BCUT2D eigenvalue weighted by Gasteiger charge is -2.16. The largest absolute Gasteiger partial charge is 0.373 e. The molecule has 4 nitrogen and oxygen atoms in total. The van der Waals surface area contributed by atoms with Gasteiger partial charge in [-0.2, -0.15) is 0 Å². The number of hydrogen-bond acceptors (Lipinski definition) is 4. The van der Waals surface area contributed by atoms with E-state index in [0.717, 1.165) is 16.9 Å². The molecule has 0 aliphatic heterocycles. The van der Waals surface area contributed by atoms with Crippen molar-refractivity contribution < 1.29 is 4.39 Å². The molecular weight excluding hydrogens is 255 g/mol. The maximum Gasteiger partial charge on any atom is 0.139 e. The molecule has 0 radical (unpaired) electrons. The number of aryl methyl sites for hydroxylation is 1. The Kier molecular flexibility index (Phi) is 4.17. The van der Waals surface area contributed by atoms with Crippen LogP contribution in [0.3, 0.4) is 0 Å². The molecule has 0 atom stereocenters. The first kappa shape index (κ1) is 14.2. The fourth-order valence-electron chi connectivity index (χ4n) is 2.19. The molecule has 2 rings (SSSR count). The second-order valence-corrected chi connectivity index (χ2v) is 5.03. The van der Waals surface area contributed by atoms with Crippen molar-refractivity contribution in [2.24, 2.45) is 0 Å². The minimum atomic E-state index is -0.263. The summed E-state index contributed by atoms with van der Waals surface area (Å²) in [5.74, 6) is 1.47. The fourth-order valence-corrected chi connectivity index (χ4v) is 2.19. The predicted molar refractivity (Wildman–Crippen MR) is 80.1 cm³/mol. The Morgan fingerprint density at radius 2 is 1.80 bits per heavy atom. The Hall–Kier alpha value is -2.17. The van der Waals surface area contributed by atoms with Gasteiger partial charge < -0.3 is 10.6 Å². The molecule has 1 heterocycles. The molecule has 0 bridgehead atoms. The number of anilines is 3. The number of nitrogens with one attached hydrogen (secondary N) is 2. The second-order valence-electron chi connectivity index (χ2n) is 5.03. The van der Waals surface area contributed by atoms with Gasteiger partial charge in [0.1, 0.15) is 23.8 Å². The third-order valence-corrected chi connectivity index (χ3v) is 3.00. The van der Waals surface area contributed by atoms with Crippen LogP contribution in [0.5, 0.6) is 0 Å². The topological polar surface area (TPSA) is 49.8 Å². The van der Waals surface area contributed by atoms with E-state index in [1.807, 2.05) is 20.0 Å². The van der Waals surface area contributed by atoms with E-state index in [1.54, 1.807) is 0 Å². The standard InChI is InChI=1S/C15H19FN4/c1-9(2)13-14(17-4)18-8-19-15(13)20-12-6-10(3)5-11(16)7-12/h5-9H,1-4H3,(H2,17,18,19,20). The molecule has 0 fully saturated rings. The lowest BCUT2D eigenvalue weighted by atomic mass is 10.0. The number of hydrogen-bond donors (Lipinski definition) is 2. The van der Waals surface area contributed by atoms with Crippen LogP contribution in [0.15, 0.2) is 24.5 Å². The first-order chi connectivity index (χ1) is 9.51. The van der Waals surface area contributed by atoms with E-state index in [-0.39, 0.29) is 11.7 Å². The number of rotatable bonds is 4. The van der Waals surface area contributed by atoms with Gasteiger partial charge in [-0.1, -0.05) is 13.8 Å². The number of aromatic nitrogens is 2. The van der Waals surface area contributed by atoms with Gasteiger partial charge in [0.2, 0.25) is 0 Å². The highest BCUT2D eigenvalue weighted by Gasteiger charge is 2.14. The van der Waals surface area contributed by atoms with Gasteiger partial charge >= 0.3 is 0 Å². The van der Waals surface area contributed by atoms with Crippen LogP contribution in [-0.4, -0.2) is 17.0 Å². The first-order valence-corrected chi connectivity index (χ1v) is 6.58. The molecule has 0 amide bonds. The van der Waals surface area contributed by atoms with Crippen LogP contribution in [0.2, 0.25) is 0 Å². The van der Waals surface area contributed by atoms with Gasteiger partial charge in [0.05, 0.1) is 0 Å². The number of halogens is 1. The molecule has 20 heavy (non-hydrogen) atoms. The maximum absolute atomic E-state index is 13.5. The normalized spacial score (nSPS) is 10.7. The molecule has 0 aliphatic rings. The minimum Gasteiger partial charge on any atom is -0.373 e. The van der Waals surface area contributed by atoms with Crippen LogP contribution >= 0.6 is 0 Å². The van der Waals surface area contributed by atoms with Crippen molar-refractivity contribution in [3.63, 3.8) is 0 Å². The highest BCUT2D eigenvalue weighted by Crippen LogP contribution is 2.30. The summed E-state index contributed by atoms with van der Waals surface area (Å²) in [5.41, 5.74) is 2.53. The average molecular weight is 274 g/mol. The third-order valence-electron chi connectivity index (χ3n) is 3.00. The van der Waals surface area contributed by atoms with E-state index in [4.69, 9.17) is 0 Å². The fraction of sp³-hybridized carbons (Fsp3) is 0.333. The summed E-state index contributed by atoms with van der Waals surface area (Å²) in [5, 5.41) is 6.24. The van der Waals surface area contributed by atoms with Gasteiger partial charge in [0.15, 0.2) is 0 Å². The van der Waals surface area contributed by atoms with Gasteiger partial charge in [-0.25, -0.2) is 14.4 Å². The Bertz CT molecular complexity index is 591. The van der Waals surface area contributed by atoms with E-state index in [1.165, 1.54) is 18.5 Å². The van der Waals surface area contributed by atoms with Crippen molar-refractivity contribution in [1.29, 1.82) is 0 Å². The summed E-state index contributed by atoms with van der Waals surface area (Å²) in [4.78, 5) is 8.50. The zero-order valence-electron chi connectivity index (χ0n) is 12.2. The summed E-state index contributed by atoms with van der Waals surface area (Å²) in [7, 11) is 1.82. The Morgan fingerprint density at radius 3 is 2.40 bits per heavy atom. The smallest absolute Gasteiger partial charge is 0.139 e. The monoisotopic (exact) mass is 274 g/mol. The number of benzene rings is 1.